The van der Waals surface area contributed by atoms with E-state index in [1.54, 1.807) is 19.1 Å². The smallest absolute Gasteiger partial charge is 0.207 e. The van der Waals surface area contributed by atoms with E-state index in [2.05, 4.69) is 0 Å². The van der Waals surface area contributed by atoms with Crippen LogP contribution in [0.15, 0.2) is 58.3 Å². The molecular weight excluding hydrogens is 412 g/mol. The van der Waals surface area contributed by atoms with Crippen molar-refractivity contribution in [3.8, 4) is 12.1 Å². The van der Waals surface area contributed by atoms with Crippen LogP contribution >= 0.6 is 0 Å². The number of rotatable bonds is 4. The van der Waals surface area contributed by atoms with Gasteiger partial charge in [0.2, 0.25) is 20.0 Å². The van der Waals surface area contributed by atoms with Crippen molar-refractivity contribution in [2.24, 2.45) is 0 Å². The van der Waals surface area contributed by atoms with Crippen molar-refractivity contribution in [3.63, 3.8) is 0 Å². The molecule has 0 saturated carbocycles. The van der Waals surface area contributed by atoms with Crippen LogP contribution in [-0.4, -0.2) is 51.1 Å². The molecule has 1 fully saturated rings. The molecule has 0 radical (unpaired) electrons. The van der Waals surface area contributed by atoms with Gasteiger partial charge in [0.25, 0.3) is 0 Å². The lowest BCUT2D eigenvalue weighted by Crippen LogP contribution is -2.55. The zero-order chi connectivity index (χ0) is 21.2. The van der Waals surface area contributed by atoms with E-state index in [1.807, 2.05) is 12.1 Å². The van der Waals surface area contributed by atoms with E-state index in [1.165, 1.54) is 45.0 Å². The summed E-state index contributed by atoms with van der Waals surface area (Å²) in [5.74, 6) is 0. The molecule has 0 aliphatic carbocycles. The van der Waals surface area contributed by atoms with Crippen molar-refractivity contribution in [2.75, 3.05) is 19.6 Å². The summed E-state index contributed by atoms with van der Waals surface area (Å²) in [6.45, 7) is 1.44. The maximum absolute atomic E-state index is 13.1. The molecule has 1 aliphatic heterocycles. The molecule has 0 unspecified atom stereocenters. The van der Waals surface area contributed by atoms with E-state index in [-0.39, 0.29) is 40.6 Å². The van der Waals surface area contributed by atoms with E-state index in [0.717, 1.165) is 0 Å². The standard InChI is InChI=1S/C19H18N4O4S2/c1-15-14-22(28(24,25)18-8-4-2-6-16(18)12-20)10-11-23(15)29(26,27)19-9-5-3-7-17(19)13-21/h2-9,15H,10-11,14H2,1H3/t15-/m0/s1. The van der Waals surface area contributed by atoms with Crippen molar-refractivity contribution >= 4 is 20.0 Å². The average Bonchev–Trinajstić information content (AvgIpc) is 2.73. The Morgan fingerprint density at radius 1 is 0.828 bits per heavy atom. The third-order valence-electron chi connectivity index (χ3n) is 4.75. The van der Waals surface area contributed by atoms with Crippen LogP contribution in [-0.2, 0) is 20.0 Å². The Hall–Kier alpha value is -2.76. The number of sulfonamides is 2. The van der Waals surface area contributed by atoms with E-state index < -0.39 is 26.1 Å². The predicted octanol–water partition coefficient (Wildman–Crippen LogP) is 1.51. The molecule has 2 aromatic rings. The van der Waals surface area contributed by atoms with Gasteiger partial charge in [-0.2, -0.15) is 19.1 Å². The summed E-state index contributed by atoms with van der Waals surface area (Å²) in [7, 11) is -7.91. The molecule has 1 saturated heterocycles. The normalized spacial score (nSPS) is 18.7. The first kappa shape index (κ1) is 21.0. The van der Waals surface area contributed by atoms with Crippen LogP contribution in [0.25, 0.3) is 0 Å². The Bertz CT molecular complexity index is 1230. The van der Waals surface area contributed by atoms with Gasteiger partial charge in [0.15, 0.2) is 0 Å². The highest BCUT2D eigenvalue weighted by molar-refractivity contribution is 7.89. The first-order valence-electron chi connectivity index (χ1n) is 8.73. The molecule has 0 N–H and O–H groups in total. The van der Waals surface area contributed by atoms with Gasteiger partial charge in [-0.05, 0) is 31.2 Å². The highest BCUT2D eigenvalue weighted by Crippen LogP contribution is 2.27. The minimum absolute atomic E-state index is 0.0395. The SMILES string of the molecule is C[C@H]1CN(S(=O)(=O)c2ccccc2C#N)CCN1S(=O)(=O)c1ccccc1C#N. The first-order chi connectivity index (χ1) is 13.7. The van der Waals surface area contributed by atoms with E-state index in [4.69, 9.17) is 0 Å². The van der Waals surface area contributed by atoms with Gasteiger partial charge in [0.05, 0.1) is 20.9 Å². The molecular formula is C19H18N4O4S2. The van der Waals surface area contributed by atoms with Gasteiger partial charge in [-0.1, -0.05) is 24.3 Å². The third kappa shape index (κ3) is 3.76. The molecule has 1 aliphatic rings. The van der Waals surface area contributed by atoms with E-state index >= 15 is 0 Å². The second-order valence-corrected chi connectivity index (χ2v) is 10.3. The zero-order valence-corrected chi connectivity index (χ0v) is 17.2. The summed E-state index contributed by atoms with van der Waals surface area (Å²) in [4.78, 5) is -0.193. The topological polar surface area (TPSA) is 122 Å². The van der Waals surface area contributed by atoms with Crippen molar-refractivity contribution in [3.05, 3.63) is 59.7 Å². The Morgan fingerprint density at radius 2 is 1.31 bits per heavy atom. The van der Waals surface area contributed by atoms with Gasteiger partial charge >= 0.3 is 0 Å². The second-order valence-electron chi connectivity index (χ2n) is 6.54. The molecule has 0 aromatic heterocycles. The molecule has 2 aromatic carbocycles. The second kappa shape index (κ2) is 7.93. The molecule has 3 rings (SSSR count). The van der Waals surface area contributed by atoms with Crippen LogP contribution in [0.5, 0.6) is 0 Å². The van der Waals surface area contributed by atoms with Gasteiger partial charge in [-0.15, -0.1) is 0 Å². The zero-order valence-electron chi connectivity index (χ0n) is 15.6. The van der Waals surface area contributed by atoms with Crippen LogP contribution in [0.3, 0.4) is 0 Å². The Morgan fingerprint density at radius 3 is 1.79 bits per heavy atom. The van der Waals surface area contributed by atoms with Crippen molar-refractivity contribution in [1.29, 1.82) is 10.5 Å². The molecule has 1 heterocycles. The maximum atomic E-state index is 13.1. The molecule has 0 spiro atoms. The van der Waals surface area contributed by atoms with Gasteiger partial charge in [-0.25, -0.2) is 16.8 Å². The fourth-order valence-electron chi connectivity index (χ4n) is 3.32. The predicted molar refractivity (Wildman–Crippen MR) is 104 cm³/mol. The Labute approximate surface area is 170 Å². The van der Waals surface area contributed by atoms with Crippen molar-refractivity contribution in [2.45, 2.75) is 22.8 Å². The molecule has 29 heavy (non-hydrogen) atoms. The minimum Gasteiger partial charge on any atom is -0.207 e. The Kier molecular flexibility index (Phi) is 5.73. The highest BCUT2D eigenvalue weighted by Gasteiger charge is 2.39. The Balaban J connectivity index is 1.90. The van der Waals surface area contributed by atoms with Crippen LogP contribution < -0.4 is 0 Å². The lowest BCUT2D eigenvalue weighted by Gasteiger charge is -2.38. The number of hydrogen-bond acceptors (Lipinski definition) is 6. The molecule has 1 atom stereocenters. The fourth-order valence-corrected chi connectivity index (χ4v) is 6.73. The number of nitrogens with zero attached hydrogens (tertiary/aromatic N) is 4. The largest absolute Gasteiger partial charge is 0.244 e. The molecule has 10 heteroatoms. The summed E-state index contributed by atoms with van der Waals surface area (Å²) in [6.07, 6.45) is 0. The summed E-state index contributed by atoms with van der Waals surface area (Å²) < 4.78 is 54.5. The minimum atomic E-state index is -3.96. The monoisotopic (exact) mass is 430 g/mol. The number of benzene rings is 2. The average molecular weight is 431 g/mol. The maximum Gasteiger partial charge on any atom is 0.244 e. The van der Waals surface area contributed by atoms with Crippen LogP contribution in [0.2, 0.25) is 0 Å². The third-order valence-corrected chi connectivity index (χ3v) is 8.74. The molecule has 150 valence electrons. The summed E-state index contributed by atoms with van der Waals surface area (Å²) in [6, 6.07) is 14.9. The van der Waals surface area contributed by atoms with E-state index in [0.29, 0.717) is 0 Å². The van der Waals surface area contributed by atoms with Crippen LogP contribution in [0.1, 0.15) is 18.1 Å². The van der Waals surface area contributed by atoms with Gasteiger partial charge in [0.1, 0.15) is 12.1 Å². The fraction of sp³-hybridized carbons (Fsp3) is 0.263. The lowest BCUT2D eigenvalue weighted by molar-refractivity contribution is 0.212. The van der Waals surface area contributed by atoms with Crippen molar-refractivity contribution in [1.82, 2.24) is 8.61 Å². The quantitative estimate of drug-likeness (QED) is 0.725. The lowest BCUT2D eigenvalue weighted by atomic mass is 10.2. The van der Waals surface area contributed by atoms with Crippen LogP contribution in [0.4, 0.5) is 0 Å². The molecule has 0 bridgehead atoms. The highest BCUT2D eigenvalue weighted by atomic mass is 32.2. The molecule has 0 amide bonds. The van der Waals surface area contributed by atoms with Gasteiger partial charge in [0, 0.05) is 25.7 Å². The summed E-state index contributed by atoms with van der Waals surface area (Å²) in [5, 5.41) is 18.4. The molecule has 8 nitrogen and oxygen atoms in total. The van der Waals surface area contributed by atoms with Crippen molar-refractivity contribution < 1.29 is 16.8 Å². The summed E-state index contributed by atoms with van der Waals surface area (Å²) in [5.41, 5.74) is 0.0795. The van der Waals surface area contributed by atoms with Crippen LogP contribution in [0, 0.1) is 22.7 Å². The first-order valence-corrected chi connectivity index (χ1v) is 11.6. The van der Waals surface area contributed by atoms with E-state index in [9.17, 15) is 27.4 Å². The number of hydrogen-bond donors (Lipinski definition) is 0. The summed E-state index contributed by atoms with van der Waals surface area (Å²) >= 11 is 0. The number of piperazine rings is 1. The van der Waals surface area contributed by atoms with Gasteiger partial charge in [-0.3, -0.25) is 0 Å². The van der Waals surface area contributed by atoms with Gasteiger partial charge < -0.3 is 0 Å². The number of nitriles is 2.